The van der Waals surface area contributed by atoms with E-state index in [4.69, 9.17) is 8.92 Å². The number of nitrogens with one attached hydrogen (secondary N) is 1. The number of carbonyl (C=O) groups is 1. The summed E-state index contributed by atoms with van der Waals surface area (Å²) in [7, 11) is -2.58. The Morgan fingerprint density at radius 2 is 1.96 bits per heavy atom. The van der Waals surface area contributed by atoms with Gasteiger partial charge in [0.1, 0.15) is 4.90 Å². The average Bonchev–Trinajstić information content (AvgIpc) is 2.62. The molecule has 3 rings (SSSR count). The Kier molecular flexibility index (Phi) is 4.99. The molecule has 0 fully saturated rings. The van der Waals surface area contributed by atoms with Gasteiger partial charge in [-0.2, -0.15) is 8.42 Å². The Labute approximate surface area is 152 Å². The molecule has 0 aliphatic carbocycles. The summed E-state index contributed by atoms with van der Waals surface area (Å²) in [6.45, 7) is 3.68. The molecule has 1 aliphatic rings. The van der Waals surface area contributed by atoms with Gasteiger partial charge < -0.3 is 14.2 Å². The number of allylic oxidation sites excluding steroid dienone is 1. The average molecular weight is 373 g/mol. The van der Waals surface area contributed by atoms with E-state index in [0.717, 1.165) is 11.1 Å². The van der Waals surface area contributed by atoms with E-state index in [2.05, 4.69) is 11.9 Å². The Morgan fingerprint density at radius 1 is 1.15 bits per heavy atom. The van der Waals surface area contributed by atoms with E-state index in [1.807, 2.05) is 0 Å². The number of methoxy groups -OCH3 is 1. The van der Waals surface area contributed by atoms with Crippen LogP contribution >= 0.6 is 0 Å². The maximum Gasteiger partial charge on any atom is 0.339 e. The van der Waals surface area contributed by atoms with Crippen molar-refractivity contribution in [2.45, 2.75) is 24.2 Å². The second kappa shape index (κ2) is 7.21. The van der Waals surface area contributed by atoms with Crippen molar-refractivity contribution in [2.75, 3.05) is 12.4 Å². The number of hydrogen-bond acceptors (Lipinski definition) is 5. The van der Waals surface area contributed by atoms with Crippen molar-refractivity contribution < 1.29 is 22.1 Å². The maximum atomic E-state index is 12.6. The minimum absolute atomic E-state index is 0.0321. The number of hydrogen-bond donors (Lipinski definition) is 1. The Bertz CT molecular complexity index is 966. The summed E-state index contributed by atoms with van der Waals surface area (Å²) in [5.74, 6) is 0.373. The fraction of sp³-hybridized carbons (Fsp3) is 0.211. The second-order valence-corrected chi connectivity index (χ2v) is 7.43. The molecular weight excluding hydrogens is 354 g/mol. The number of fused-ring (bicyclic) bond motifs is 1. The van der Waals surface area contributed by atoms with Crippen LogP contribution in [0.1, 0.15) is 17.5 Å². The number of ether oxygens (including phenoxy) is 1. The minimum atomic E-state index is -4.03. The van der Waals surface area contributed by atoms with Crippen LogP contribution in [0.5, 0.6) is 11.5 Å². The summed E-state index contributed by atoms with van der Waals surface area (Å²) in [5.41, 5.74) is 2.33. The molecule has 0 unspecified atom stereocenters. The first-order valence-electron chi connectivity index (χ1n) is 8.08. The van der Waals surface area contributed by atoms with Gasteiger partial charge in [0.15, 0.2) is 11.5 Å². The highest BCUT2D eigenvalue weighted by atomic mass is 32.2. The molecule has 2 aromatic carbocycles. The third-order valence-electron chi connectivity index (χ3n) is 4.07. The molecule has 1 amide bonds. The van der Waals surface area contributed by atoms with Gasteiger partial charge in [0.2, 0.25) is 5.91 Å². The summed E-state index contributed by atoms with van der Waals surface area (Å²) < 4.78 is 35.8. The fourth-order valence-corrected chi connectivity index (χ4v) is 3.75. The zero-order valence-electron chi connectivity index (χ0n) is 14.3. The molecule has 136 valence electrons. The molecule has 1 heterocycles. The van der Waals surface area contributed by atoms with Crippen LogP contribution in [0.2, 0.25) is 0 Å². The van der Waals surface area contributed by atoms with Gasteiger partial charge in [-0.05, 0) is 54.3 Å². The number of aryl methyl sites for hydroxylation is 1. The quantitative estimate of drug-likeness (QED) is 0.622. The SMILES string of the molecule is C=CCc1ccc(OS(=O)(=O)c2ccc3c(c2)CCC(=O)N3)c(OC)c1. The molecule has 2 aromatic rings. The molecule has 0 spiro atoms. The van der Waals surface area contributed by atoms with Gasteiger partial charge in [0, 0.05) is 12.1 Å². The van der Waals surface area contributed by atoms with Crippen LogP contribution in [-0.2, 0) is 27.8 Å². The molecule has 0 saturated carbocycles. The van der Waals surface area contributed by atoms with Gasteiger partial charge in [0.05, 0.1) is 7.11 Å². The summed E-state index contributed by atoms with van der Waals surface area (Å²) in [6.07, 6.45) is 3.21. The molecule has 0 aromatic heterocycles. The summed E-state index contributed by atoms with van der Waals surface area (Å²) in [4.78, 5) is 11.5. The molecule has 0 saturated heterocycles. The number of carbonyl (C=O) groups excluding carboxylic acids is 1. The standard InChI is InChI=1S/C19H19NO5S/c1-3-4-13-5-9-17(18(11-13)24-2)25-26(22,23)15-7-8-16-14(12-15)6-10-19(21)20-16/h3,5,7-9,11-12H,1,4,6,10H2,2H3,(H,20,21). The van der Waals surface area contributed by atoms with Gasteiger partial charge in [-0.3, -0.25) is 4.79 Å². The topological polar surface area (TPSA) is 81.7 Å². The predicted molar refractivity (Wildman–Crippen MR) is 98.1 cm³/mol. The van der Waals surface area contributed by atoms with E-state index in [0.29, 0.717) is 30.7 Å². The molecule has 1 N–H and O–H groups in total. The molecule has 0 radical (unpaired) electrons. The van der Waals surface area contributed by atoms with Gasteiger partial charge >= 0.3 is 10.1 Å². The van der Waals surface area contributed by atoms with Crippen molar-refractivity contribution >= 4 is 21.7 Å². The van der Waals surface area contributed by atoms with Crippen molar-refractivity contribution in [3.8, 4) is 11.5 Å². The molecular formula is C19H19NO5S. The lowest BCUT2D eigenvalue weighted by atomic mass is 10.0. The Morgan fingerprint density at radius 3 is 2.69 bits per heavy atom. The predicted octanol–water partition coefficient (Wildman–Crippen LogP) is 3.08. The fourth-order valence-electron chi connectivity index (χ4n) is 2.76. The highest BCUT2D eigenvalue weighted by molar-refractivity contribution is 7.87. The van der Waals surface area contributed by atoms with Gasteiger partial charge in [-0.25, -0.2) is 0 Å². The second-order valence-electron chi connectivity index (χ2n) is 5.88. The molecule has 6 nitrogen and oxygen atoms in total. The summed E-state index contributed by atoms with van der Waals surface area (Å²) >= 11 is 0. The van der Waals surface area contributed by atoms with Gasteiger partial charge in [-0.15, -0.1) is 6.58 Å². The highest BCUT2D eigenvalue weighted by Gasteiger charge is 2.23. The molecule has 0 bridgehead atoms. The first-order valence-corrected chi connectivity index (χ1v) is 9.49. The van der Waals surface area contributed by atoms with E-state index in [-0.39, 0.29) is 16.6 Å². The van der Waals surface area contributed by atoms with Crippen molar-refractivity contribution in [3.05, 3.63) is 60.2 Å². The van der Waals surface area contributed by atoms with Crippen LogP contribution in [0.25, 0.3) is 0 Å². The normalized spacial score (nSPS) is 13.5. The molecule has 26 heavy (non-hydrogen) atoms. The largest absolute Gasteiger partial charge is 0.493 e. The van der Waals surface area contributed by atoms with Crippen molar-refractivity contribution in [1.82, 2.24) is 0 Å². The highest BCUT2D eigenvalue weighted by Crippen LogP contribution is 2.32. The lowest BCUT2D eigenvalue weighted by molar-refractivity contribution is -0.116. The first kappa shape index (κ1) is 18.0. The molecule has 7 heteroatoms. The van der Waals surface area contributed by atoms with E-state index in [1.54, 1.807) is 30.3 Å². The zero-order chi connectivity index (χ0) is 18.7. The molecule has 0 atom stereocenters. The lowest BCUT2D eigenvalue weighted by Crippen LogP contribution is -2.19. The number of amides is 1. The van der Waals surface area contributed by atoms with Gasteiger partial charge in [-0.1, -0.05) is 12.1 Å². The monoisotopic (exact) mass is 373 g/mol. The smallest absolute Gasteiger partial charge is 0.339 e. The lowest BCUT2D eigenvalue weighted by Gasteiger charge is -2.18. The Balaban J connectivity index is 1.90. The van der Waals surface area contributed by atoms with Gasteiger partial charge in [0.25, 0.3) is 0 Å². The maximum absolute atomic E-state index is 12.6. The van der Waals surface area contributed by atoms with Crippen molar-refractivity contribution in [2.24, 2.45) is 0 Å². The first-order chi connectivity index (χ1) is 12.4. The number of anilines is 1. The van der Waals surface area contributed by atoms with E-state index in [9.17, 15) is 13.2 Å². The third-order valence-corrected chi connectivity index (χ3v) is 5.30. The van der Waals surface area contributed by atoms with Crippen LogP contribution in [0, 0.1) is 0 Å². The van der Waals surface area contributed by atoms with Crippen LogP contribution in [-0.4, -0.2) is 21.4 Å². The minimum Gasteiger partial charge on any atom is -0.493 e. The van der Waals surface area contributed by atoms with Crippen LogP contribution in [0.4, 0.5) is 5.69 Å². The van der Waals surface area contributed by atoms with E-state index >= 15 is 0 Å². The van der Waals surface area contributed by atoms with Crippen LogP contribution < -0.4 is 14.2 Å². The number of rotatable bonds is 6. The molecule has 1 aliphatic heterocycles. The third kappa shape index (κ3) is 3.72. The van der Waals surface area contributed by atoms with E-state index in [1.165, 1.54) is 19.2 Å². The van der Waals surface area contributed by atoms with Crippen molar-refractivity contribution in [3.63, 3.8) is 0 Å². The van der Waals surface area contributed by atoms with Crippen LogP contribution in [0.3, 0.4) is 0 Å². The Hall–Kier alpha value is -2.80. The van der Waals surface area contributed by atoms with E-state index < -0.39 is 10.1 Å². The number of benzene rings is 2. The summed E-state index contributed by atoms with van der Waals surface area (Å²) in [6, 6.07) is 9.56. The summed E-state index contributed by atoms with van der Waals surface area (Å²) in [5, 5.41) is 2.72. The van der Waals surface area contributed by atoms with Crippen LogP contribution in [0.15, 0.2) is 53.9 Å². The van der Waals surface area contributed by atoms with Crippen molar-refractivity contribution in [1.29, 1.82) is 0 Å². The zero-order valence-corrected chi connectivity index (χ0v) is 15.1.